The Morgan fingerprint density at radius 1 is 0.769 bits per heavy atom. The zero-order valence-corrected chi connectivity index (χ0v) is 14.6. The Labute approximate surface area is 151 Å². The molecule has 1 amide bonds. The summed E-state index contributed by atoms with van der Waals surface area (Å²) in [5.41, 5.74) is 4.35. The third-order valence-electron chi connectivity index (χ3n) is 5.30. The van der Waals surface area contributed by atoms with Crippen molar-refractivity contribution in [3.63, 3.8) is 0 Å². The number of aromatic hydroxyl groups is 2. The van der Waals surface area contributed by atoms with Crippen molar-refractivity contribution in [1.82, 2.24) is 0 Å². The summed E-state index contributed by atoms with van der Waals surface area (Å²) in [7, 11) is 0. The Morgan fingerprint density at radius 2 is 1.27 bits per heavy atom. The van der Waals surface area contributed by atoms with Crippen LogP contribution in [0.2, 0.25) is 0 Å². The predicted octanol–water partition coefficient (Wildman–Crippen LogP) is 4.00. The molecule has 1 heterocycles. The molecule has 3 N–H and O–H groups in total. The molecule has 0 spiro atoms. The van der Waals surface area contributed by atoms with Crippen molar-refractivity contribution in [3.05, 3.63) is 88.5 Å². The summed E-state index contributed by atoms with van der Waals surface area (Å²) in [6.45, 7) is 4.04. The van der Waals surface area contributed by atoms with Crippen LogP contribution in [-0.4, -0.2) is 16.1 Å². The van der Waals surface area contributed by atoms with Crippen LogP contribution in [0.4, 0.5) is 5.69 Å². The first kappa shape index (κ1) is 16.2. The third-order valence-corrected chi connectivity index (χ3v) is 5.30. The highest BCUT2D eigenvalue weighted by molar-refractivity contribution is 6.12. The van der Waals surface area contributed by atoms with Gasteiger partial charge in [0, 0.05) is 11.3 Å². The fraction of sp³-hybridized carbons (Fsp3) is 0.136. The van der Waals surface area contributed by atoms with E-state index in [1.54, 1.807) is 48.5 Å². The molecule has 0 saturated carbocycles. The summed E-state index contributed by atoms with van der Waals surface area (Å²) >= 11 is 0. The zero-order valence-electron chi connectivity index (χ0n) is 14.6. The van der Waals surface area contributed by atoms with Gasteiger partial charge in [-0.1, -0.05) is 30.3 Å². The molecule has 0 unspecified atom stereocenters. The number of anilines is 1. The van der Waals surface area contributed by atoms with Gasteiger partial charge in [0.2, 0.25) is 5.91 Å². The molecule has 0 fully saturated rings. The van der Waals surface area contributed by atoms with Crippen molar-refractivity contribution in [2.24, 2.45) is 0 Å². The summed E-state index contributed by atoms with van der Waals surface area (Å²) in [5.74, 6) is 0.154. The fourth-order valence-electron chi connectivity index (χ4n) is 3.87. The number of hydrogen-bond donors (Lipinski definition) is 3. The number of carbonyl (C=O) groups excluding carboxylic acids is 1. The van der Waals surface area contributed by atoms with Crippen LogP contribution in [0, 0.1) is 13.8 Å². The number of nitrogens with one attached hydrogen (secondary N) is 1. The molecule has 4 heteroatoms. The van der Waals surface area contributed by atoms with E-state index in [1.165, 1.54) is 0 Å². The van der Waals surface area contributed by atoms with Crippen molar-refractivity contribution in [1.29, 1.82) is 0 Å². The quantitative estimate of drug-likeness (QED) is 0.657. The lowest BCUT2D eigenvalue weighted by Gasteiger charge is -2.30. The normalized spacial score (nSPS) is 14.8. The molecule has 4 nitrogen and oxygen atoms in total. The number of fused-ring (bicyclic) bond motifs is 1. The molecule has 26 heavy (non-hydrogen) atoms. The maximum atomic E-state index is 13.4. The first-order valence-electron chi connectivity index (χ1n) is 8.45. The van der Waals surface area contributed by atoms with E-state index in [1.807, 2.05) is 26.0 Å². The molecule has 0 aromatic heterocycles. The second-order valence-corrected chi connectivity index (χ2v) is 6.73. The van der Waals surface area contributed by atoms with Gasteiger partial charge in [0.15, 0.2) is 0 Å². The minimum absolute atomic E-state index is 0.141. The van der Waals surface area contributed by atoms with E-state index in [-0.39, 0.29) is 17.4 Å². The predicted molar refractivity (Wildman–Crippen MR) is 101 cm³/mol. The molecule has 0 saturated heterocycles. The fourth-order valence-corrected chi connectivity index (χ4v) is 3.87. The molecule has 1 aliphatic rings. The highest BCUT2D eigenvalue weighted by atomic mass is 16.3. The summed E-state index contributed by atoms with van der Waals surface area (Å²) < 4.78 is 0. The van der Waals surface area contributed by atoms with Gasteiger partial charge in [0.05, 0.1) is 0 Å². The summed E-state index contributed by atoms with van der Waals surface area (Å²) in [4.78, 5) is 13.4. The first-order valence-corrected chi connectivity index (χ1v) is 8.45. The average molecular weight is 345 g/mol. The second-order valence-electron chi connectivity index (χ2n) is 6.73. The standard InChI is InChI=1S/C22H19NO3/c1-13-3-12-19-20(14(13)2)22(21(26)23-19,15-4-8-17(24)9-5-15)16-6-10-18(25)11-7-16/h3-12,24-25H,1-2H3,(H,23,26). The van der Waals surface area contributed by atoms with E-state index in [9.17, 15) is 15.0 Å². The minimum Gasteiger partial charge on any atom is -0.508 e. The highest BCUT2D eigenvalue weighted by Crippen LogP contribution is 2.50. The molecule has 0 aliphatic carbocycles. The largest absolute Gasteiger partial charge is 0.508 e. The first-order chi connectivity index (χ1) is 12.4. The van der Waals surface area contributed by atoms with Gasteiger partial charge in [-0.05, 0) is 66.4 Å². The Bertz CT molecular complexity index is 959. The van der Waals surface area contributed by atoms with Crippen molar-refractivity contribution in [3.8, 4) is 11.5 Å². The molecular weight excluding hydrogens is 326 g/mol. The number of amides is 1. The van der Waals surface area contributed by atoms with Crippen molar-refractivity contribution >= 4 is 11.6 Å². The summed E-state index contributed by atoms with van der Waals surface area (Å²) in [5, 5.41) is 22.5. The molecule has 3 aromatic carbocycles. The smallest absolute Gasteiger partial charge is 0.244 e. The number of benzene rings is 3. The van der Waals surface area contributed by atoms with Crippen LogP contribution >= 0.6 is 0 Å². The summed E-state index contributed by atoms with van der Waals surface area (Å²) in [6, 6.07) is 17.4. The van der Waals surface area contributed by atoms with Crippen LogP contribution in [0.5, 0.6) is 11.5 Å². The molecule has 0 atom stereocenters. The van der Waals surface area contributed by atoms with E-state index >= 15 is 0 Å². The Balaban J connectivity index is 2.12. The average Bonchev–Trinajstić information content (AvgIpc) is 2.93. The number of carbonyl (C=O) groups is 1. The lowest BCUT2D eigenvalue weighted by Crippen LogP contribution is -2.37. The zero-order chi connectivity index (χ0) is 18.5. The van der Waals surface area contributed by atoms with E-state index in [4.69, 9.17) is 0 Å². The monoisotopic (exact) mass is 345 g/mol. The number of phenolic OH excluding ortho intramolecular Hbond substituents is 2. The van der Waals surface area contributed by atoms with Crippen molar-refractivity contribution in [2.75, 3.05) is 5.32 Å². The van der Waals surface area contributed by atoms with Gasteiger partial charge in [-0.25, -0.2) is 0 Å². The lowest BCUT2D eigenvalue weighted by molar-refractivity contribution is -0.118. The van der Waals surface area contributed by atoms with E-state index < -0.39 is 5.41 Å². The number of hydrogen-bond acceptors (Lipinski definition) is 3. The topological polar surface area (TPSA) is 69.6 Å². The van der Waals surface area contributed by atoms with Gasteiger partial charge in [-0.15, -0.1) is 0 Å². The third kappa shape index (κ3) is 2.12. The Kier molecular flexibility index (Phi) is 3.51. The number of rotatable bonds is 2. The minimum atomic E-state index is -1.03. The Hall–Kier alpha value is -3.27. The maximum absolute atomic E-state index is 13.4. The lowest BCUT2D eigenvalue weighted by atomic mass is 9.68. The van der Waals surface area contributed by atoms with Crippen molar-refractivity contribution < 1.29 is 15.0 Å². The maximum Gasteiger partial charge on any atom is 0.244 e. The van der Waals surface area contributed by atoms with Crippen LogP contribution < -0.4 is 5.32 Å². The molecular formula is C22H19NO3. The van der Waals surface area contributed by atoms with Gasteiger partial charge in [0.1, 0.15) is 16.9 Å². The number of aryl methyl sites for hydroxylation is 1. The van der Waals surface area contributed by atoms with E-state index in [0.717, 1.165) is 33.5 Å². The summed E-state index contributed by atoms with van der Waals surface area (Å²) in [6.07, 6.45) is 0. The molecule has 0 bridgehead atoms. The van der Waals surface area contributed by atoms with Crippen LogP contribution in [-0.2, 0) is 10.2 Å². The molecule has 3 aromatic rings. The second kappa shape index (κ2) is 5.63. The van der Waals surface area contributed by atoms with E-state index in [0.29, 0.717) is 0 Å². The van der Waals surface area contributed by atoms with Crippen LogP contribution in [0.15, 0.2) is 60.7 Å². The van der Waals surface area contributed by atoms with Crippen LogP contribution in [0.3, 0.4) is 0 Å². The highest BCUT2D eigenvalue weighted by Gasteiger charge is 2.50. The molecule has 0 radical (unpaired) electrons. The van der Waals surface area contributed by atoms with Gasteiger partial charge in [-0.2, -0.15) is 0 Å². The molecule has 4 rings (SSSR count). The van der Waals surface area contributed by atoms with Gasteiger partial charge < -0.3 is 15.5 Å². The van der Waals surface area contributed by atoms with Gasteiger partial charge in [0.25, 0.3) is 0 Å². The molecule has 1 aliphatic heterocycles. The van der Waals surface area contributed by atoms with Crippen LogP contribution in [0.25, 0.3) is 0 Å². The van der Waals surface area contributed by atoms with Crippen LogP contribution in [0.1, 0.15) is 27.8 Å². The van der Waals surface area contributed by atoms with E-state index in [2.05, 4.69) is 5.32 Å². The number of phenols is 2. The van der Waals surface area contributed by atoms with Gasteiger partial charge in [-0.3, -0.25) is 4.79 Å². The SMILES string of the molecule is Cc1ccc2c(c1C)C(c1ccc(O)cc1)(c1ccc(O)cc1)C(=O)N2. The molecule has 130 valence electrons. The van der Waals surface area contributed by atoms with Crippen molar-refractivity contribution in [2.45, 2.75) is 19.3 Å². The van der Waals surface area contributed by atoms with Gasteiger partial charge >= 0.3 is 0 Å². The Morgan fingerprint density at radius 3 is 1.77 bits per heavy atom.